The van der Waals surface area contributed by atoms with Crippen LogP contribution in [-0.4, -0.2) is 37.2 Å². The molecular formula is C18H28N2O. The minimum atomic E-state index is 0.708. The van der Waals surface area contributed by atoms with Crippen LogP contribution in [0.25, 0.3) is 0 Å². The molecule has 0 saturated carbocycles. The zero-order chi connectivity index (χ0) is 14.5. The molecule has 2 aliphatic rings. The summed E-state index contributed by atoms with van der Waals surface area (Å²) in [5, 5.41) is 3.72. The van der Waals surface area contributed by atoms with Crippen LogP contribution in [0, 0.1) is 0 Å². The Morgan fingerprint density at radius 3 is 2.76 bits per heavy atom. The van der Waals surface area contributed by atoms with E-state index in [1.54, 1.807) is 7.11 Å². The zero-order valence-electron chi connectivity index (χ0n) is 13.2. The van der Waals surface area contributed by atoms with Gasteiger partial charge in [0.05, 0.1) is 6.61 Å². The standard InChI is InChI=1S/C18H28N2O/c1-21-14-16-8-3-2-7-15(16)13-20-12-5-4-10-18(20)17-9-6-11-19-17/h2-3,7-8,17-19H,4-6,9-14H2,1H3. The molecule has 2 aliphatic heterocycles. The molecule has 1 aromatic carbocycles. The monoisotopic (exact) mass is 288 g/mol. The largest absolute Gasteiger partial charge is 0.380 e. The summed E-state index contributed by atoms with van der Waals surface area (Å²) < 4.78 is 5.35. The molecule has 1 N–H and O–H groups in total. The first-order valence-corrected chi connectivity index (χ1v) is 8.41. The summed E-state index contributed by atoms with van der Waals surface area (Å²) in [6.45, 7) is 4.23. The Labute approximate surface area is 128 Å². The van der Waals surface area contributed by atoms with Crippen LogP contribution in [0.2, 0.25) is 0 Å². The summed E-state index contributed by atoms with van der Waals surface area (Å²) in [4.78, 5) is 2.71. The first-order chi connectivity index (χ1) is 10.4. The number of methoxy groups -OCH3 is 1. The zero-order valence-corrected chi connectivity index (χ0v) is 13.2. The van der Waals surface area contributed by atoms with E-state index in [0.717, 1.165) is 19.2 Å². The molecule has 3 rings (SSSR count). The fraction of sp³-hybridized carbons (Fsp3) is 0.667. The second kappa shape index (κ2) is 7.39. The lowest BCUT2D eigenvalue weighted by atomic mass is 9.93. The third-order valence-corrected chi connectivity index (χ3v) is 5.02. The van der Waals surface area contributed by atoms with Gasteiger partial charge in [0.1, 0.15) is 0 Å². The maximum atomic E-state index is 5.35. The number of nitrogens with one attached hydrogen (secondary N) is 1. The lowest BCUT2D eigenvalue weighted by molar-refractivity contribution is 0.111. The first-order valence-electron chi connectivity index (χ1n) is 8.41. The quantitative estimate of drug-likeness (QED) is 0.901. The normalized spacial score (nSPS) is 27.1. The van der Waals surface area contributed by atoms with Gasteiger partial charge >= 0.3 is 0 Å². The predicted octanol–water partition coefficient (Wildman–Crippen LogP) is 2.94. The molecule has 0 aliphatic carbocycles. The summed E-state index contributed by atoms with van der Waals surface area (Å²) >= 11 is 0. The summed E-state index contributed by atoms with van der Waals surface area (Å²) in [5.41, 5.74) is 2.77. The van der Waals surface area contributed by atoms with Crippen molar-refractivity contribution in [3.63, 3.8) is 0 Å². The van der Waals surface area contributed by atoms with Crippen LogP contribution in [0.1, 0.15) is 43.2 Å². The van der Waals surface area contributed by atoms with Gasteiger partial charge in [-0.15, -0.1) is 0 Å². The fourth-order valence-electron chi connectivity index (χ4n) is 3.94. The SMILES string of the molecule is COCc1ccccc1CN1CCCCC1C1CCCN1. The Bertz CT molecular complexity index is 443. The minimum Gasteiger partial charge on any atom is -0.380 e. The van der Waals surface area contributed by atoms with E-state index in [1.807, 2.05) is 0 Å². The van der Waals surface area contributed by atoms with Crippen molar-refractivity contribution in [2.24, 2.45) is 0 Å². The van der Waals surface area contributed by atoms with E-state index in [9.17, 15) is 0 Å². The smallest absolute Gasteiger partial charge is 0.0716 e. The molecule has 3 nitrogen and oxygen atoms in total. The van der Waals surface area contributed by atoms with Crippen LogP contribution in [0.3, 0.4) is 0 Å². The molecule has 2 saturated heterocycles. The minimum absolute atomic E-state index is 0.708. The molecule has 0 spiro atoms. The maximum Gasteiger partial charge on any atom is 0.0716 e. The van der Waals surface area contributed by atoms with E-state index in [0.29, 0.717) is 6.04 Å². The van der Waals surface area contributed by atoms with Crippen LogP contribution in [-0.2, 0) is 17.9 Å². The van der Waals surface area contributed by atoms with Crippen LogP contribution in [0.4, 0.5) is 0 Å². The molecule has 0 radical (unpaired) electrons. The molecule has 21 heavy (non-hydrogen) atoms. The molecule has 2 atom stereocenters. The second-order valence-corrected chi connectivity index (χ2v) is 6.44. The number of nitrogens with zero attached hydrogens (tertiary/aromatic N) is 1. The van der Waals surface area contributed by atoms with E-state index >= 15 is 0 Å². The molecule has 2 heterocycles. The van der Waals surface area contributed by atoms with Crippen molar-refractivity contribution in [3.8, 4) is 0 Å². The van der Waals surface area contributed by atoms with Crippen molar-refractivity contribution in [2.75, 3.05) is 20.2 Å². The van der Waals surface area contributed by atoms with Crippen LogP contribution in [0.5, 0.6) is 0 Å². The van der Waals surface area contributed by atoms with Gasteiger partial charge in [-0.3, -0.25) is 4.90 Å². The van der Waals surface area contributed by atoms with Crippen molar-refractivity contribution >= 4 is 0 Å². The van der Waals surface area contributed by atoms with Crippen molar-refractivity contribution in [1.29, 1.82) is 0 Å². The van der Waals surface area contributed by atoms with E-state index in [4.69, 9.17) is 4.74 Å². The van der Waals surface area contributed by atoms with Gasteiger partial charge in [-0.25, -0.2) is 0 Å². The van der Waals surface area contributed by atoms with Crippen molar-refractivity contribution in [3.05, 3.63) is 35.4 Å². The van der Waals surface area contributed by atoms with Crippen molar-refractivity contribution in [1.82, 2.24) is 10.2 Å². The van der Waals surface area contributed by atoms with Gasteiger partial charge in [0.2, 0.25) is 0 Å². The van der Waals surface area contributed by atoms with E-state index < -0.39 is 0 Å². The number of likely N-dealkylation sites (tertiary alicyclic amines) is 1. The molecule has 0 amide bonds. The molecule has 0 bridgehead atoms. The van der Waals surface area contributed by atoms with E-state index in [1.165, 1.54) is 56.3 Å². The Kier molecular flexibility index (Phi) is 5.28. The Balaban J connectivity index is 1.72. The number of hydrogen-bond donors (Lipinski definition) is 1. The van der Waals surface area contributed by atoms with Gasteiger partial charge in [0.15, 0.2) is 0 Å². The van der Waals surface area contributed by atoms with Gasteiger partial charge in [-0.05, 0) is 49.9 Å². The third kappa shape index (κ3) is 3.65. The fourth-order valence-corrected chi connectivity index (χ4v) is 3.94. The third-order valence-electron chi connectivity index (χ3n) is 5.02. The molecule has 2 unspecified atom stereocenters. The molecule has 2 fully saturated rings. The lowest BCUT2D eigenvalue weighted by Crippen LogP contribution is -2.49. The highest BCUT2D eigenvalue weighted by molar-refractivity contribution is 5.26. The first kappa shape index (κ1) is 15.0. The molecule has 3 heteroatoms. The van der Waals surface area contributed by atoms with Crippen LogP contribution < -0.4 is 5.32 Å². The van der Waals surface area contributed by atoms with Crippen molar-refractivity contribution in [2.45, 2.75) is 57.3 Å². The summed E-state index contributed by atoms with van der Waals surface area (Å²) in [5.74, 6) is 0. The van der Waals surface area contributed by atoms with E-state index in [2.05, 4.69) is 34.5 Å². The molecule has 1 aromatic rings. The lowest BCUT2D eigenvalue weighted by Gasteiger charge is -2.39. The number of hydrogen-bond acceptors (Lipinski definition) is 3. The molecular weight excluding hydrogens is 260 g/mol. The Morgan fingerprint density at radius 1 is 1.14 bits per heavy atom. The number of ether oxygens (including phenoxy) is 1. The highest BCUT2D eigenvalue weighted by Gasteiger charge is 2.31. The summed E-state index contributed by atoms with van der Waals surface area (Å²) in [6, 6.07) is 10.2. The van der Waals surface area contributed by atoms with Gasteiger partial charge in [-0.2, -0.15) is 0 Å². The molecule has 0 aromatic heterocycles. The van der Waals surface area contributed by atoms with Gasteiger partial charge in [0, 0.05) is 25.7 Å². The Hall–Kier alpha value is -0.900. The second-order valence-electron chi connectivity index (χ2n) is 6.44. The van der Waals surface area contributed by atoms with Gasteiger partial charge in [0.25, 0.3) is 0 Å². The molecule has 116 valence electrons. The summed E-state index contributed by atoms with van der Waals surface area (Å²) in [6.07, 6.45) is 6.77. The number of benzene rings is 1. The Morgan fingerprint density at radius 2 is 2.00 bits per heavy atom. The number of rotatable bonds is 5. The maximum absolute atomic E-state index is 5.35. The average molecular weight is 288 g/mol. The summed E-state index contributed by atoms with van der Waals surface area (Å²) in [7, 11) is 1.78. The van der Waals surface area contributed by atoms with Crippen LogP contribution in [0.15, 0.2) is 24.3 Å². The topological polar surface area (TPSA) is 24.5 Å². The average Bonchev–Trinajstić information content (AvgIpc) is 3.04. The van der Waals surface area contributed by atoms with Crippen LogP contribution >= 0.6 is 0 Å². The van der Waals surface area contributed by atoms with E-state index in [-0.39, 0.29) is 0 Å². The number of piperidine rings is 1. The predicted molar refractivity (Wildman–Crippen MR) is 86.2 cm³/mol. The highest BCUT2D eigenvalue weighted by atomic mass is 16.5. The van der Waals surface area contributed by atoms with Crippen molar-refractivity contribution < 1.29 is 4.74 Å². The highest BCUT2D eigenvalue weighted by Crippen LogP contribution is 2.26. The van der Waals surface area contributed by atoms with Gasteiger partial charge in [-0.1, -0.05) is 30.7 Å². The van der Waals surface area contributed by atoms with Gasteiger partial charge < -0.3 is 10.1 Å².